The van der Waals surface area contributed by atoms with E-state index < -0.39 is 0 Å². The fourth-order valence-corrected chi connectivity index (χ4v) is 1.35. The summed E-state index contributed by atoms with van der Waals surface area (Å²) in [4.78, 5) is 0. The molecule has 0 heterocycles. The Bertz CT molecular complexity index is 107. The van der Waals surface area contributed by atoms with Gasteiger partial charge in [-0.2, -0.15) is 11.8 Å². The molecule has 0 amide bonds. The smallest absolute Gasteiger partial charge is 0.0141 e. The Balaban J connectivity index is 3.36. The van der Waals surface area contributed by atoms with E-state index in [9.17, 15) is 0 Å². The van der Waals surface area contributed by atoms with E-state index in [4.69, 9.17) is 5.73 Å². The van der Waals surface area contributed by atoms with Crippen molar-refractivity contribution in [2.24, 2.45) is 5.73 Å². The third-order valence-electron chi connectivity index (χ3n) is 1.88. The first-order chi connectivity index (χ1) is 5.56. The van der Waals surface area contributed by atoms with Gasteiger partial charge in [-0.05, 0) is 26.5 Å². The number of thioether (sulfide) groups is 1. The van der Waals surface area contributed by atoms with Crippen molar-refractivity contribution >= 4 is 11.8 Å². The zero-order chi connectivity index (χ0) is 9.56. The summed E-state index contributed by atoms with van der Waals surface area (Å²) in [6.07, 6.45) is 3.20. The summed E-state index contributed by atoms with van der Waals surface area (Å²) in [5.41, 5.74) is 5.69. The Morgan fingerprint density at radius 3 is 2.33 bits per heavy atom. The van der Waals surface area contributed by atoms with Crippen LogP contribution in [-0.2, 0) is 0 Å². The molecule has 1 unspecified atom stereocenters. The van der Waals surface area contributed by atoms with E-state index >= 15 is 0 Å². The lowest BCUT2D eigenvalue weighted by atomic mass is 10.1. The highest BCUT2D eigenvalue weighted by atomic mass is 32.2. The van der Waals surface area contributed by atoms with E-state index in [0.29, 0.717) is 17.3 Å². The van der Waals surface area contributed by atoms with Crippen LogP contribution in [0.3, 0.4) is 0 Å². The van der Waals surface area contributed by atoms with E-state index in [0.717, 1.165) is 13.0 Å². The minimum absolute atomic E-state index is 0.303. The second kappa shape index (κ2) is 6.75. The molecular formula is C9H22N2S. The van der Waals surface area contributed by atoms with Gasteiger partial charge in [0, 0.05) is 23.9 Å². The van der Waals surface area contributed by atoms with E-state index in [-0.39, 0.29) is 0 Å². The highest BCUT2D eigenvalue weighted by Gasteiger charge is 2.05. The van der Waals surface area contributed by atoms with E-state index in [1.54, 1.807) is 0 Å². The molecule has 2 nitrogen and oxygen atoms in total. The van der Waals surface area contributed by atoms with E-state index in [2.05, 4.69) is 32.3 Å². The molecule has 3 heteroatoms. The van der Waals surface area contributed by atoms with Crippen LogP contribution in [0, 0.1) is 0 Å². The third-order valence-corrected chi connectivity index (χ3v) is 2.85. The molecule has 0 aromatic carbocycles. The van der Waals surface area contributed by atoms with Crippen molar-refractivity contribution in [3.05, 3.63) is 0 Å². The Labute approximate surface area is 80.7 Å². The summed E-state index contributed by atoms with van der Waals surface area (Å²) < 4.78 is 0. The number of hydrogen-bond acceptors (Lipinski definition) is 3. The molecule has 0 spiro atoms. The van der Waals surface area contributed by atoms with Gasteiger partial charge in [-0.25, -0.2) is 0 Å². The highest BCUT2D eigenvalue weighted by molar-refractivity contribution is 7.99. The summed E-state index contributed by atoms with van der Waals surface area (Å²) in [5, 5.41) is 4.16. The van der Waals surface area contributed by atoms with Crippen molar-refractivity contribution in [2.45, 2.75) is 44.5 Å². The van der Waals surface area contributed by atoms with Crippen LogP contribution in [0.5, 0.6) is 0 Å². The molecule has 3 N–H and O–H groups in total. The van der Waals surface area contributed by atoms with Crippen molar-refractivity contribution in [3.63, 3.8) is 0 Å². The first-order valence-electron chi connectivity index (χ1n) is 4.58. The van der Waals surface area contributed by atoms with Crippen LogP contribution in [0.1, 0.15) is 27.2 Å². The van der Waals surface area contributed by atoms with Crippen LogP contribution < -0.4 is 11.1 Å². The molecule has 0 aliphatic carbocycles. The fraction of sp³-hybridized carbons (Fsp3) is 1.00. The second-order valence-corrected chi connectivity index (χ2v) is 4.84. The predicted molar refractivity (Wildman–Crippen MR) is 58.7 cm³/mol. The topological polar surface area (TPSA) is 38.0 Å². The molecule has 0 aliphatic rings. The predicted octanol–water partition coefficient (Wildman–Crippen LogP) is 1.45. The molecule has 0 rings (SSSR count). The van der Waals surface area contributed by atoms with E-state index in [1.807, 2.05) is 11.8 Å². The minimum Gasteiger partial charge on any atom is -0.328 e. The molecule has 0 fully saturated rings. The van der Waals surface area contributed by atoms with Crippen LogP contribution in [0.4, 0.5) is 0 Å². The van der Waals surface area contributed by atoms with Crippen LogP contribution in [0.25, 0.3) is 0 Å². The van der Waals surface area contributed by atoms with Crippen molar-refractivity contribution in [1.82, 2.24) is 5.32 Å². The van der Waals surface area contributed by atoms with Crippen LogP contribution in [-0.4, -0.2) is 30.1 Å². The lowest BCUT2D eigenvalue weighted by molar-refractivity contribution is 0.480. The van der Waals surface area contributed by atoms with Gasteiger partial charge in [0.05, 0.1) is 0 Å². The number of nitrogens with two attached hydrogens (primary N) is 1. The Kier molecular flexibility index (Phi) is 6.90. The van der Waals surface area contributed by atoms with Crippen molar-refractivity contribution in [2.75, 3.05) is 12.8 Å². The molecule has 0 aromatic heterocycles. The zero-order valence-electron chi connectivity index (χ0n) is 8.63. The first-order valence-corrected chi connectivity index (χ1v) is 5.86. The van der Waals surface area contributed by atoms with Crippen LogP contribution >= 0.6 is 11.8 Å². The molecule has 0 aromatic rings. The molecule has 0 saturated carbocycles. The standard InChI is InChI=1S/C9H22N2S/c1-7(10)5-8(2)11-6-9(3)12-4/h7-9,11H,5-6,10H2,1-4H3/t7-,8?,9-/m1/s1. The van der Waals surface area contributed by atoms with Crippen LogP contribution in [0.2, 0.25) is 0 Å². The summed E-state index contributed by atoms with van der Waals surface area (Å²) in [5.74, 6) is 0. The number of rotatable bonds is 6. The van der Waals surface area contributed by atoms with Crippen molar-refractivity contribution < 1.29 is 0 Å². The molecule has 74 valence electrons. The van der Waals surface area contributed by atoms with Gasteiger partial charge >= 0.3 is 0 Å². The second-order valence-electron chi connectivity index (χ2n) is 3.57. The Morgan fingerprint density at radius 1 is 1.33 bits per heavy atom. The summed E-state index contributed by atoms with van der Waals surface area (Å²) in [6.45, 7) is 7.55. The van der Waals surface area contributed by atoms with Gasteiger partial charge in [0.1, 0.15) is 0 Å². The van der Waals surface area contributed by atoms with Gasteiger partial charge in [-0.1, -0.05) is 6.92 Å². The molecule has 0 radical (unpaired) electrons. The van der Waals surface area contributed by atoms with Crippen molar-refractivity contribution in [1.29, 1.82) is 0 Å². The monoisotopic (exact) mass is 190 g/mol. The Hall–Kier alpha value is 0.270. The average Bonchev–Trinajstić information content (AvgIpc) is 1.99. The zero-order valence-corrected chi connectivity index (χ0v) is 9.45. The van der Waals surface area contributed by atoms with Crippen molar-refractivity contribution in [3.8, 4) is 0 Å². The molecular weight excluding hydrogens is 168 g/mol. The molecule has 12 heavy (non-hydrogen) atoms. The maximum absolute atomic E-state index is 5.69. The SMILES string of the molecule is CS[C@H](C)CNC(C)C[C@@H](C)N. The van der Waals surface area contributed by atoms with Gasteiger partial charge in [0.25, 0.3) is 0 Å². The Morgan fingerprint density at radius 2 is 1.92 bits per heavy atom. The molecule has 0 bridgehead atoms. The maximum atomic E-state index is 5.69. The fourth-order valence-electron chi connectivity index (χ4n) is 1.09. The van der Waals surface area contributed by atoms with Gasteiger partial charge < -0.3 is 11.1 Å². The van der Waals surface area contributed by atoms with Gasteiger partial charge in [-0.15, -0.1) is 0 Å². The normalized spacial score (nSPS) is 18.8. The van der Waals surface area contributed by atoms with Crippen LogP contribution in [0.15, 0.2) is 0 Å². The highest BCUT2D eigenvalue weighted by Crippen LogP contribution is 2.03. The van der Waals surface area contributed by atoms with Gasteiger partial charge in [-0.3, -0.25) is 0 Å². The average molecular weight is 190 g/mol. The molecule has 0 aliphatic heterocycles. The molecule has 0 saturated heterocycles. The lowest BCUT2D eigenvalue weighted by Crippen LogP contribution is -2.35. The largest absolute Gasteiger partial charge is 0.328 e. The summed E-state index contributed by atoms with van der Waals surface area (Å²) >= 11 is 1.89. The number of nitrogens with one attached hydrogen (secondary N) is 1. The summed E-state index contributed by atoms with van der Waals surface area (Å²) in [7, 11) is 0. The third kappa shape index (κ3) is 6.95. The minimum atomic E-state index is 0.303. The lowest BCUT2D eigenvalue weighted by Gasteiger charge is -2.17. The quantitative estimate of drug-likeness (QED) is 0.666. The summed E-state index contributed by atoms with van der Waals surface area (Å²) in [6, 6.07) is 0.844. The molecule has 3 atom stereocenters. The first kappa shape index (κ1) is 12.3. The van der Waals surface area contributed by atoms with E-state index in [1.165, 1.54) is 0 Å². The maximum Gasteiger partial charge on any atom is 0.0141 e. The van der Waals surface area contributed by atoms with Gasteiger partial charge in [0.2, 0.25) is 0 Å². The van der Waals surface area contributed by atoms with Gasteiger partial charge in [0.15, 0.2) is 0 Å². The number of hydrogen-bond donors (Lipinski definition) is 2.